The molecule has 5 atom stereocenters. The van der Waals surface area contributed by atoms with Crippen LogP contribution in [-0.4, -0.2) is 24.0 Å². The van der Waals surface area contributed by atoms with Crippen LogP contribution in [0.3, 0.4) is 0 Å². The molecule has 2 aliphatic heterocycles. The molecule has 0 spiro atoms. The van der Waals surface area contributed by atoms with Crippen LogP contribution in [0.4, 0.5) is 0 Å². The van der Waals surface area contributed by atoms with Gasteiger partial charge in [-0.15, -0.1) is 11.3 Å². The number of rotatable bonds is 3. The van der Waals surface area contributed by atoms with Crippen molar-refractivity contribution in [2.75, 3.05) is 13.1 Å². The van der Waals surface area contributed by atoms with Gasteiger partial charge in [-0.1, -0.05) is 87.1 Å². The van der Waals surface area contributed by atoms with Crippen molar-refractivity contribution in [3.05, 3.63) is 76.2 Å². The lowest BCUT2D eigenvalue weighted by molar-refractivity contribution is 0.259. The quantitative estimate of drug-likeness (QED) is 0.457. The van der Waals surface area contributed by atoms with E-state index in [-0.39, 0.29) is 0 Å². The predicted octanol–water partition coefficient (Wildman–Crippen LogP) is 7.53. The highest BCUT2D eigenvalue weighted by atomic mass is 32.1. The average Bonchev–Trinajstić information content (AvgIpc) is 3.36. The zero-order valence-corrected chi connectivity index (χ0v) is 19.7. The molecule has 4 unspecified atom stereocenters. The van der Waals surface area contributed by atoms with Gasteiger partial charge in [0.15, 0.2) is 0 Å². The van der Waals surface area contributed by atoms with Crippen LogP contribution in [0.15, 0.2) is 60.2 Å². The third-order valence-electron chi connectivity index (χ3n) is 8.36. The molecule has 0 radical (unpaired) electrons. The highest BCUT2D eigenvalue weighted by Gasteiger charge is 2.45. The Balaban J connectivity index is 1.44. The maximum atomic E-state index is 2.77. The fraction of sp³-hybridized carbons (Fsp3) is 0.448. The van der Waals surface area contributed by atoms with E-state index >= 15 is 0 Å². The lowest BCUT2D eigenvalue weighted by Gasteiger charge is -2.34. The van der Waals surface area contributed by atoms with E-state index in [2.05, 4.69) is 97.7 Å². The van der Waals surface area contributed by atoms with Crippen molar-refractivity contribution < 1.29 is 0 Å². The molecule has 4 aliphatic rings. The molecule has 6 rings (SSSR count). The molecule has 31 heavy (non-hydrogen) atoms. The zero-order chi connectivity index (χ0) is 21.1. The summed E-state index contributed by atoms with van der Waals surface area (Å²) < 4.78 is 1.52. The van der Waals surface area contributed by atoms with Crippen LogP contribution in [0.5, 0.6) is 0 Å². The summed E-state index contributed by atoms with van der Waals surface area (Å²) in [6.07, 6.45) is 19.1. The van der Waals surface area contributed by atoms with Gasteiger partial charge in [0.2, 0.25) is 0 Å². The molecule has 160 valence electrons. The molecule has 0 saturated carbocycles. The van der Waals surface area contributed by atoms with Crippen LogP contribution in [-0.2, 0) is 0 Å². The minimum absolute atomic E-state index is 0.515. The van der Waals surface area contributed by atoms with E-state index in [0.29, 0.717) is 29.7 Å². The Bertz CT molecular complexity index is 1130. The minimum Gasteiger partial charge on any atom is -0.295 e. The Morgan fingerprint density at radius 1 is 1.10 bits per heavy atom. The average molecular weight is 428 g/mol. The summed E-state index contributed by atoms with van der Waals surface area (Å²) in [4.78, 5) is 4.41. The third kappa shape index (κ3) is 3.14. The second kappa shape index (κ2) is 7.60. The summed E-state index contributed by atoms with van der Waals surface area (Å²) in [6, 6.07) is 7.58. The van der Waals surface area contributed by atoms with E-state index in [1.807, 2.05) is 0 Å². The van der Waals surface area contributed by atoms with E-state index in [9.17, 15) is 0 Å². The van der Waals surface area contributed by atoms with Crippen LogP contribution in [0.25, 0.3) is 16.2 Å². The first-order chi connectivity index (χ1) is 15.1. The lowest BCUT2D eigenvalue weighted by Crippen LogP contribution is -2.36. The molecule has 1 fully saturated rings. The van der Waals surface area contributed by atoms with Crippen LogP contribution in [0.1, 0.15) is 61.5 Å². The van der Waals surface area contributed by atoms with Crippen molar-refractivity contribution >= 4 is 27.5 Å². The second-order valence-electron chi connectivity index (χ2n) is 10.3. The van der Waals surface area contributed by atoms with Crippen molar-refractivity contribution in [1.29, 1.82) is 0 Å². The number of fused-ring (bicyclic) bond motifs is 7. The van der Waals surface area contributed by atoms with Gasteiger partial charge in [-0.3, -0.25) is 4.90 Å². The van der Waals surface area contributed by atoms with Gasteiger partial charge >= 0.3 is 0 Å². The molecule has 0 amide bonds. The van der Waals surface area contributed by atoms with Crippen molar-refractivity contribution in [3.63, 3.8) is 0 Å². The Morgan fingerprint density at radius 3 is 2.81 bits per heavy atom. The summed E-state index contributed by atoms with van der Waals surface area (Å²) in [5, 5.41) is 1.48. The van der Waals surface area contributed by atoms with Gasteiger partial charge in [-0.25, -0.2) is 0 Å². The number of nitrogens with zero attached hydrogens (tertiary/aromatic N) is 1. The summed E-state index contributed by atoms with van der Waals surface area (Å²) in [6.45, 7) is 9.64. The largest absolute Gasteiger partial charge is 0.295 e. The maximum absolute atomic E-state index is 2.77. The zero-order valence-electron chi connectivity index (χ0n) is 18.9. The van der Waals surface area contributed by atoms with Crippen LogP contribution in [0.2, 0.25) is 0 Å². The van der Waals surface area contributed by atoms with Gasteiger partial charge in [0.05, 0.1) is 0 Å². The van der Waals surface area contributed by atoms with Crippen molar-refractivity contribution in [3.8, 4) is 0 Å². The predicted molar refractivity (Wildman–Crippen MR) is 135 cm³/mol. The Hall–Kier alpha value is -1.90. The fourth-order valence-electron chi connectivity index (χ4n) is 6.27. The molecular weight excluding hydrogens is 394 g/mol. The lowest BCUT2D eigenvalue weighted by atomic mass is 9.79. The van der Waals surface area contributed by atoms with Gasteiger partial charge in [0.25, 0.3) is 0 Å². The van der Waals surface area contributed by atoms with Gasteiger partial charge in [-0.2, -0.15) is 0 Å². The molecule has 2 heteroatoms. The van der Waals surface area contributed by atoms with E-state index in [1.165, 1.54) is 40.7 Å². The summed E-state index contributed by atoms with van der Waals surface area (Å²) >= 11 is 2.10. The second-order valence-corrected chi connectivity index (χ2v) is 11.4. The van der Waals surface area contributed by atoms with E-state index in [4.69, 9.17) is 0 Å². The Kier molecular flexibility index (Phi) is 4.85. The monoisotopic (exact) mass is 427 g/mol. The van der Waals surface area contributed by atoms with Crippen molar-refractivity contribution in [2.45, 2.75) is 51.5 Å². The molecule has 0 N–H and O–H groups in total. The smallest absolute Gasteiger partial charge is 0.0390 e. The first-order valence-electron chi connectivity index (χ1n) is 12.1. The first kappa shape index (κ1) is 19.8. The maximum Gasteiger partial charge on any atom is 0.0390 e. The van der Waals surface area contributed by atoms with Gasteiger partial charge in [0, 0.05) is 45.9 Å². The van der Waals surface area contributed by atoms with Crippen molar-refractivity contribution in [1.82, 2.24) is 4.90 Å². The highest BCUT2D eigenvalue weighted by Crippen LogP contribution is 2.52. The fourth-order valence-corrected chi connectivity index (χ4v) is 7.85. The molecular formula is C29H33NS. The first-order valence-corrected chi connectivity index (χ1v) is 12.9. The molecule has 0 bridgehead atoms. The number of thiophene rings is 1. The van der Waals surface area contributed by atoms with Gasteiger partial charge in [-0.05, 0) is 41.7 Å². The highest BCUT2D eigenvalue weighted by molar-refractivity contribution is 7.19. The van der Waals surface area contributed by atoms with Crippen molar-refractivity contribution in [2.24, 2.45) is 17.8 Å². The summed E-state index contributed by atoms with van der Waals surface area (Å²) in [7, 11) is 0. The standard InChI is InChI=1S/C29H33NS/c1-18(2)19(3)21-14-15-30-17-22-12-13-25-24-11-7-10-23(20-8-5-4-6-9-20)28(24)31-29(25)27(22)26(30)16-21/h4-8,10-13,16,18-20,22,26-27H,9,14-15,17H2,1-3H3/t19-,20?,22?,26?,27?/m0/s1. The molecule has 3 heterocycles. The number of hydrogen-bond donors (Lipinski definition) is 0. The normalized spacial score (nSPS) is 30.4. The number of allylic oxidation sites excluding steroid dienone is 4. The SMILES string of the molecule is CC(C)[C@H](C)C1=CC2C3c4sc5c(C6C=CC=CC6)cccc5c4C=CC3CN2CC1. The third-order valence-corrected chi connectivity index (χ3v) is 9.73. The van der Waals surface area contributed by atoms with Crippen LogP contribution >= 0.6 is 11.3 Å². The minimum atomic E-state index is 0.515. The van der Waals surface area contributed by atoms with E-state index in [1.54, 1.807) is 10.5 Å². The van der Waals surface area contributed by atoms with Gasteiger partial charge in [0.1, 0.15) is 0 Å². The Morgan fingerprint density at radius 2 is 2.00 bits per heavy atom. The van der Waals surface area contributed by atoms with Gasteiger partial charge < -0.3 is 0 Å². The molecule has 2 aliphatic carbocycles. The van der Waals surface area contributed by atoms with E-state index < -0.39 is 0 Å². The van der Waals surface area contributed by atoms with Crippen LogP contribution in [0, 0.1) is 17.8 Å². The number of benzene rings is 1. The van der Waals surface area contributed by atoms with Crippen LogP contribution < -0.4 is 0 Å². The molecule has 1 aromatic heterocycles. The topological polar surface area (TPSA) is 3.24 Å². The van der Waals surface area contributed by atoms with E-state index in [0.717, 1.165) is 12.3 Å². The molecule has 2 aromatic rings. The number of hydrogen-bond acceptors (Lipinski definition) is 2. The molecule has 1 nitrogen and oxygen atoms in total. The molecule has 1 aromatic carbocycles. The Labute approximate surface area is 190 Å². The summed E-state index contributed by atoms with van der Waals surface area (Å²) in [5.74, 6) is 3.22. The summed E-state index contributed by atoms with van der Waals surface area (Å²) in [5.41, 5.74) is 4.73. The molecule has 1 saturated heterocycles.